The van der Waals surface area contributed by atoms with E-state index in [1.54, 1.807) is 4.90 Å². The summed E-state index contributed by atoms with van der Waals surface area (Å²) in [7, 11) is 0. The topological polar surface area (TPSA) is 94.5 Å². The van der Waals surface area contributed by atoms with Crippen LogP contribution in [0.3, 0.4) is 0 Å². The molecule has 7 nitrogen and oxygen atoms in total. The first-order valence-corrected chi connectivity index (χ1v) is 10.1. The van der Waals surface area contributed by atoms with E-state index in [4.69, 9.17) is 14.9 Å². The first-order chi connectivity index (χ1) is 14.4. The van der Waals surface area contributed by atoms with Gasteiger partial charge in [0.05, 0.1) is 36.4 Å². The van der Waals surface area contributed by atoms with Crippen molar-refractivity contribution >= 4 is 28.1 Å². The molecule has 1 aliphatic heterocycles. The fourth-order valence-electron chi connectivity index (χ4n) is 3.64. The number of imidazole rings is 1. The van der Waals surface area contributed by atoms with Crippen LogP contribution < -0.4 is 14.4 Å². The zero-order valence-corrected chi connectivity index (χ0v) is 17.7. The standard InChI is InChI=1S/C23H26N4O3/c1-5-29-19-8-7-15(11-20(19)30-6-2)27-12-18(28)21(22(27)24)23-25-16-9-13(3)14(4)10-17(16)26-23/h7-11,24,28H,5-6,12H2,1-4H3,(H,25,26). The number of H-pyrrole nitrogens is 1. The van der Waals surface area contributed by atoms with Gasteiger partial charge in [-0.15, -0.1) is 0 Å². The summed E-state index contributed by atoms with van der Waals surface area (Å²) in [6.45, 7) is 9.17. The molecular weight excluding hydrogens is 380 g/mol. The minimum Gasteiger partial charge on any atom is -0.509 e. The second-order valence-electron chi connectivity index (χ2n) is 7.29. The van der Waals surface area contributed by atoms with Crippen molar-refractivity contribution in [2.24, 2.45) is 0 Å². The number of ether oxygens (including phenoxy) is 2. The monoisotopic (exact) mass is 406 g/mol. The number of fused-ring (bicyclic) bond motifs is 1. The Bertz CT molecular complexity index is 1120. The van der Waals surface area contributed by atoms with Gasteiger partial charge in [0.2, 0.25) is 0 Å². The van der Waals surface area contributed by atoms with Crippen molar-refractivity contribution in [3.05, 3.63) is 53.0 Å². The van der Waals surface area contributed by atoms with Crippen molar-refractivity contribution in [1.29, 1.82) is 5.41 Å². The number of aromatic nitrogens is 2. The Hall–Kier alpha value is -3.48. The molecule has 2 aromatic carbocycles. The van der Waals surface area contributed by atoms with Gasteiger partial charge in [0.15, 0.2) is 11.5 Å². The molecule has 30 heavy (non-hydrogen) atoms. The van der Waals surface area contributed by atoms with E-state index in [1.807, 2.05) is 58.0 Å². The van der Waals surface area contributed by atoms with Gasteiger partial charge in [-0.2, -0.15) is 0 Å². The number of hydrogen-bond acceptors (Lipinski definition) is 5. The maximum absolute atomic E-state index is 10.7. The predicted molar refractivity (Wildman–Crippen MR) is 119 cm³/mol. The predicted octanol–water partition coefficient (Wildman–Crippen LogP) is 4.74. The van der Waals surface area contributed by atoms with E-state index in [1.165, 1.54) is 0 Å². The van der Waals surface area contributed by atoms with Crippen LogP contribution in [0, 0.1) is 19.3 Å². The molecule has 0 amide bonds. The van der Waals surface area contributed by atoms with Crippen LogP contribution in [0.15, 0.2) is 36.1 Å². The number of aryl methyl sites for hydroxylation is 2. The summed E-state index contributed by atoms with van der Waals surface area (Å²) >= 11 is 0. The van der Waals surface area contributed by atoms with Crippen molar-refractivity contribution in [3.8, 4) is 11.5 Å². The molecule has 0 radical (unpaired) electrons. The first kappa shape index (κ1) is 19.8. The number of nitrogens with one attached hydrogen (secondary N) is 2. The minimum atomic E-state index is 0.111. The molecule has 0 aliphatic carbocycles. The van der Waals surface area contributed by atoms with Gasteiger partial charge in [-0.05, 0) is 63.1 Å². The summed E-state index contributed by atoms with van der Waals surface area (Å²) in [5.74, 6) is 2.07. The summed E-state index contributed by atoms with van der Waals surface area (Å²) in [4.78, 5) is 9.61. The number of benzene rings is 2. The SMILES string of the molecule is CCOc1ccc(N2CC(O)=C(c3nc4cc(C)c(C)cc4[nH]3)C2=N)cc1OCC. The van der Waals surface area contributed by atoms with Crippen LogP contribution in [0.4, 0.5) is 5.69 Å². The molecule has 0 atom stereocenters. The zero-order chi connectivity index (χ0) is 21.4. The lowest BCUT2D eigenvalue weighted by molar-refractivity contribution is 0.288. The molecule has 0 unspecified atom stereocenters. The van der Waals surface area contributed by atoms with Gasteiger partial charge < -0.3 is 24.5 Å². The van der Waals surface area contributed by atoms with E-state index < -0.39 is 0 Å². The van der Waals surface area contributed by atoms with E-state index in [-0.39, 0.29) is 18.1 Å². The molecule has 0 saturated carbocycles. The number of hydrogen-bond donors (Lipinski definition) is 3. The Morgan fingerprint density at radius 1 is 1.07 bits per heavy atom. The molecule has 156 valence electrons. The quantitative estimate of drug-likeness (QED) is 0.549. The van der Waals surface area contributed by atoms with E-state index >= 15 is 0 Å². The fraction of sp³-hybridized carbons (Fsp3) is 0.304. The van der Waals surface area contributed by atoms with E-state index in [0.29, 0.717) is 36.1 Å². The van der Waals surface area contributed by atoms with Gasteiger partial charge in [0.1, 0.15) is 17.4 Å². The second-order valence-corrected chi connectivity index (χ2v) is 7.29. The van der Waals surface area contributed by atoms with Crippen molar-refractivity contribution in [2.75, 3.05) is 24.7 Å². The Kier molecular flexibility index (Phi) is 5.11. The Balaban J connectivity index is 1.68. The molecule has 2 heterocycles. The summed E-state index contributed by atoms with van der Waals surface area (Å²) in [6, 6.07) is 9.59. The molecule has 0 bridgehead atoms. The lowest BCUT2D eigenvalue weighted by Gasteiger charge is -2.20. The van der Waals surface area contributed by atoms with Gasteiger partial charge in [0.25, 0.3) is 0 Å². The number of rotatable bonds is 6. The van der Waals surface area contributed by atoms with Gasteiger partial charge in [-0.25, -0.2) is 4.98 Å². The minimum absolute atomic E-state index is 0.111. The Morgan fingerprint density at radius 2 is 1.77 bits per heavy atom. The number of aromatic amines is 1. The van der Waals surface area contributed by atoms with Crippen LogP contribution in [-0.4, -0.2) is 40.7 Å². The third-order valence-corrected chi connectivity index (χ3v) is 5.28. The molecule has 0 spiro atoms. The summed E-state index contributed by atoms with van der Waals surface area (Å²) in [6.07, 6.45) is 0. The highest BCUT2D eigenvalue weighted by molar-refractivity contribution is 6.30. The van der Waals surface area contributed by atoms with Crippen LogP contribution in [0.5, 0.6) is 11.5 Å². The highest BCUT2D eigenvalue weighted by atomic mass is 16.5. The number of amidine groups is 1. The summed E-state index contributed by atoms with van der Waals surface area (Å²) in [5.41, 5.74) is 5.18. The maximum atomic E-state index is 10.7. The zero-order valence-electron chi connectivity index (χ0n) is 17.7. The molecule has 1 aliphatic rings. The van der Waals surface area contributed by atoms with Crippen LogP contribution in [0.2, 0.25) is 0 Å². The van der Waals surface area contributed by atoms with Crippen LogP contribution in [0.25, 0.3) is 16.6 Å². The lowest BCUT2D eigenvalue weighted by atomic mass is 10.1. The van der Waals surface area contributed by atoms with Crippen molar-refractivity contribution < 1.29 is 14.6 Å². The van der Waals surface area contributed by atoms with Crippen LogP contribution >= 0.6 is 0 Å². The highest BCUT2D eigenvalue weighted by Gasteiger charge is 2.32. The Labute approximate surface area is 175 Å². The molecule has 7 heteroatoms. The Morgan fingerprint density at radius 3 is 2.50 bits per heavy atom. The van der Waals surface area contributed by atoms with E-state index in [2.05, 4.69) is 9.97 Å². The smallest absolute Gasteiger partial charge is 0.163 e. The average molecular weight is 406 g/mol. The number of aliphatic hydroxyl groups is 1. The fourth-order valence-corrected chi connectivity index (χ4v) is 3.64. The van der Waals surface area contributed by atoms with Gasteiger partial charge in [-0.1, -0.05) is 0 Å². The van der Waals surface area contributed by atoms with Crippen molar-refractivity contribution in [2.45, 2.75) is 27.7 Å². The summed E-state index contributed by atoms with van der Waals surface area (Å²) < 4.78 is 11.3. The molecular formula is C23H26N4O3. The highest BCUT2D eigenvalue weighted by Crippen LogP contribution is 2.36. The number of anilines is 1. The first-order valence-electron chi connectivity index (χ1n) is 10.1. The van der Waals surface area contributed by atoms with Gasteiger partial charge in [0, 0.05) is 11.8 Å². The van der Waals surface area contributed by atoms with E-state index in [9.17, 15) is 5.11 Å². The average Bonchev–Trinajstić information content (AvgIpc) is 3.23. The summed E-state index contributed by atoms with van der Waals surface area (Å²) in [5, 5.41) is 19.4. The molecule has 0 saturated heterocycles. The van der Waals surface area contributed by atoms with Gasteiger partial charge in [-0.3, -0.25) is 5.41 Å². The van der Waals surface area contributed by atoms with Crippen molar-refractivity contribution in [1.82, 2.24) is 9.97 Å². The van der Waals surface area contributed by atoms with Crippen molar-refractivity contribution in [3.63, 3.8) is 0 Å². The normalized spacial score (nSPS) is 14.1. The molecule has 3 N–H and O–H groups in total. The molecule has 3 aromatic rings. The number of aliphatic hydroxyl groups excluding tert-OH is 1. The second kappa shape index (κ2) is 7.74. The van der Waals surface area contributed by atoms with Gasteiger partial charge >= 0.3 is 0 Å². The number of nitrogens with zero attached hydrogens (tertiary/aromatic N) is 2. The molecule has 0 fully saturated rings. The molecule has 1 aromatic heterocycles. The van der Waals surface area contributed by atoms with Crippen LogP contribution in [0.1, 0.15) is 30.8 Å². The largest absolute Gasteiger partial charge is 0.509 e. The lowest BCUT2D eigenvalue weighted by Crippen LogP contribution is -2.26. The third-order valence-electron chi connectivity index (χ3n) is 5.28. The maximum Gasteiger partial charge on any atom is 0.163 e. The molecule has 4 rings (SSSR count). The van der Waals surface area contributed by atoms with E-state index in [0.717, 1.165) is 27.8 Å². The van der Waals surface area contributed by atoms with Crippen LogP contribution in [-0.2, 0) is 0 Å². The third kappa shape index (κ3) is 3.36.